The van der Waals surface area contributed by atoms with Crippen molar-refractivity contribution in [2.24, 2.45) is 5.73 Å². The van der Waals surface area contributed by atoms with Gasteiger partial charge in [-0.3, -0.25) is 9.59 Å². The van der Waals surface area contributed by atoms with Gasteiger partial charge < -0.3 is 21.5 Å². The number of rotatable bonds is 6. The van der Waals surface area contributed by atoms with Crippen molar-refractivity contribution >= 4 is 34.7 Å². The number of primary amides is 1. The molecule has 2 aromatic rings. The summed E-state index contributed by atoms with van der Waals surface area (Å²) in [5.74, 6) is -1.82. The first kappa shape index (κ1) is 18.2. The van der Waals surface area contributed by atoms with Crippen molar-refractivity contribution in [1.82, 2.24) is 0 Å². The summed E-state index contributed by atoms with van der Waals surface area (Å²) in [7, 11) is 0. The second kappa shape index (κ2) is 7.33. The fourth-order valence-electron chi connectivity index (χ4n) is 3.00. The number of benzene rings is 2. The summed E-state index contributed by atoms with van der Waals surface area (Å²) in [6.45, 7) is 2.00. The molecule has 2 aromatic carbocycles. The van der Waals surface area contributed by atoms with E-state index in [0.29, 0.717) is 34.5 Å². The number of nitrogens with one attached hydrogen (secondary N) is 2. The van der Waals surface area contributed by atoms with Crippen LogP contribution in [0.25, 0.3) is 5.57 Å². The van der Waals surface area contributed by atoms with Crippen molar-refractivity contribution in [1.29, 1.82) is 0 Å². The van der Waals surface area contributed by atoms with E-state index < -0.39 is 11.9 Å². The van der Waals surface area contributed by atoms with Crippen molar-refractivity contribution in [3.63, 3.8) is 0 Å². The highest BCUT2D eigenvalue weighted by Gasteiger charge is 2.28. The maximum absolute atomic E-state index is 12.6. The number of carbonyl (C=O) groups excluding carboxylic acids is 2. The lowest BCUT2D eigenvalue weighted by molar-refractivity contribution is -0.110. The zero-order chi connectivity index (χ0) is 19.6. The minimum atomic E-state index is -0.997. The van der Waals surface area contributed by atoms with E-state index in [2.05, 4.69) is 10.6 Å². The molecule has 0 saturated carbocycles. The van der Waals surface area contributed by atoms with Gasteiger partial charge in [0.15, 0.2) is 0 Å². The van der Waals surface area contributed by atoms with Gasteiger partial charge in [-0.1, -0.05) is 19.4 Å². The van der Waals surface area contributed by atoms with E-state index in [1.54, 1.807) is 30.3 Å². The smallest absolute Gasteiger partial charge is 0.335 e. The summed E-state index contributed by atoms with van der Waals surface area (Å²) >= 11 is 0. The Morgan fingerprint density at radius 2 is 1.78 bits per heavy atom. The molecule has 5 N–H and O–H groups in total. The second-order valence-corrected chi connectivity index (χ2v) is 6.19. The van der Waals surface area contributed by atoms with Crippen molar-refractivity contribution in [2.45, 2.75) is 19.8 Å². The minimum Gasteiger partial charge on any atom is -0.478 e. The Hall–Kier alpha value is -3.61. The fraction of sp³-hybridized carbons (Fsp3) is 0.150. The Morgan fingerprint density at radius 3 is 2.37 bits per heavy atom. The van der Waals surface area contributed by atoms with Crippen LogP contribution in [0.5, 0.6) is 0 Å². The largest absolute Gasteiger partial charge is 0.478 e. The Morgan fingerprint density at radius 1 is 1.11 bits per heavy atom. The van der Waals surface area contributed by atoms with Crippen LogP contribution in [0.2, 0.25) is 0 Å². The molecular weight excluding hydrogens is 346 g/mol. The first-order valence-electron chi connectivity index (χ1n) is 8.49. The van der Waals surface area contributed by atoms with Crippen LogP contribution in [-0.2, 0) is 4.79 Å². The molecular formula is C20H19N3O4. The molecule has 1 heterocycles. The molecule has 1 aliphatic heterocycles. The summed E-state index contributed by atoms with van der Waals surface area (Å²) in [6.07, 6.45) is 1.43. The molecule has 3 rings (SSSR count). The van der Waals surface area contributed by atoms with Gasteiger partial charge in [0, 0.05) is 28.2 Å². The van der Waals surface area contributed by atoms with Gasteiger partial charge in [-0.15, -0.1) is 0 Å². The lowest BCUT2D eigenvalue weighted by Crippen LogP contribution is -2.11. The first-order chi connectivity index (χ1) is 12.9. The third kappa shape index (κ3) is 3.67. The highest BCUT2D eigenvalue weighted by Crippen LogP contribution is 2.36. The Balaban J connectivity index is 2.00. The quantitative estimate of drug-likeness (QED) is 0.586. The molecule has 138 valence electrons. The Kier molecular flexibility index (Phi) is 4.94. The molecule has 7 heteroatoms. The van der Waals surface area contributed by atoms with Crippen LogP contribution in [0.15, 0.2) is 48.2 Å². The second-order valence-electron chi connectivity index (χ2n) is 6.19. The molecule has 1 aliphatic rings. The topological polar surface area (TPSA) is 122 Å². The average molecular weight is 365 g/mol. The van der Waals surface area contributed by atoms with Gasteiger partial charge in [0.25, 0.3) is 5.91 Å². The number of nitrogens with two attached hydrogens (primary N) is 1. The van der Waals surface area contributed by atoms with Crippen LogP contribution >= 0.6 is 0 Å². The molecule has 27 heavy (non-hydrogen) atoms. The number of carboxylic acid groups (broad SMARTS) is 1. The summed E-state index contributed by atoms with van der Waals surface area (Å²) in [5, 5.41) is 15.0. The lowest BCUT2D eigenvalue weighted by Gasteiger charge is -2.14. The van der Waals surface area contributed by atoms with Crippen LogP contribution in [0.3, 0.4) is 0 Å². The average Bonchev–Trinajstić information content (AvgIpc) is 2.96. The lowest BCUT2D eigenvalue weighted by atomic mass is 10.0. The minimum absolute atomic E-state index is 0.188. The molecule has 0 saturated heterocycles. The van der Waals surface area contributed by atoms with Gasteiger partial charge in [0.05, 0.1) is 11.1 Å². The standard InChI is InChI=1S/C20H19N3O4/c1-2-3-15(22-13-7-4-11(5-8-13)20(26)27)17-14-9-6-12(18(21)24)10-16(14)23-19(17)25/h4-10,22H,2-3H2,1H3,(H2,21,24)(H,23,25)(H,26,27). The predicted octanol–water partition coefficient (Wildman–Crippen LogP) is 3.06. The van der Waals surface area contributed by atoms with E-state index in [1.807, 2.05) is 6.92 Å². The molecule has 0 aliphatic carbocycles. The molecule has 0 aromatic heterocycles. The molecule has 0 radical (unpaired) electrons. The molecule has 0 spiro atoms. The molecule has 0 fully saturated rings. The fourth-order valence-corrected chi connectivity index (χ4v) is 3.00. The predicted molar refractivity (Wildman–Crippen MR) is 102 cm³/mol. The Bertz CT molecular complexity index is 962. The maximum Gasteiger partial charge on any atom is 0.335 e. The Labute approximate surface area is 155 Å². The molecule has 0 unspecified atom stereocenters. The monoisotopic (exact) mass is 365 g/mol. The van der Waals surface area contributed by atoms with Crippen LogP contribution in [-0.4, -0.2) is 22.9 Å². The van der Waals surface area contributed by atoms with Crippen LogP contribution < -0.4 is 16.4 Å². The zero-order valence-corrected chi connectivity index (χ0v) is 14.7. The van der Waals surface area contributed by atoms with Crippen LogP contribution in [0.1, 0.15) is 46.0 Å². The van der Waals surface area contributed by atoms with Gasteiger partial charge in [-0.05, 0) is 42.8 Å². The third-order valence-electron chi connectivity index (χ3n) is 4.28. The van der Waals surface area contributed by atoms with E-state index in [4.69, 9.17) is 10.8 Å². The normalized spacial score (nSPS) is 14.3. The number of carbonyl (C=O) groups is 3. The number of aromatic carboxylic acids is 1. The number of hydrogen-bond donors (Lipinski definition) is 4. The van der Waals surface area contributed by atoms with E-state index in [9.17, 15) is 14.4 Å². The van der Waals surface area contributed by atoms with Gasteiger partial charge in [-0.2, -0.15) is 0 Å². The van der Waals surface area contributed by atoms with Crippen molar-refractivity contribution in [2.75, 3.05) is 10.6 Å². The molecule has 2 amide bonds. The highest BCUT2D eigenvalue weighted by atomic mass is 16.4. The maximum atomic E-state index is 12.6. The van der Waals surface area contributed by atoms with Gasteiger partial charge in [0.2, 0.25) is 5.91 Å². The van der Waals surface area contributed by atoms with Crippen molar-refractivity contribution in [3.05, 3.63) is 64.9 Å². The van der Waals surface area contributed by atoms with Gasteiger partial charge in [0.1, 0.15) is 0 Å². The molecule has 0 bridgehead atoms. The number of carboxylic acids is 1. The number of allylic oxidation sites excluding steroid dienone is 1. The summed E-state index contributed by atoms with van der Waals surface area (Å²) in [6, 6.07) is 11.2. The van der Waals surface area contributed by atoms with Gasteiger partial charge in [-0.25, -0.2) is 4.79 Å². The van der Waals surface area contributed by atoms with E-state index in [-0.39, 0.29) is 11.5 Å². The van der Waals surface area contributed by atoms with E-state index in [0.717, 1.165) is 12.1 Å². The van der Waals surface area contributed by atoms with Crippen molar-refractivity contribution < 1.29 is 19.5 Å². The van der Waals surface area contributed by atoms with Crippen molar-refractivity contribution in [3.8, 4) is 0 Å². The first-order valence-corrected chi connectivity index (χ1v) is 8.49. The molecule has 7 nitrogen and oxygen atoms in total. The SMILES string of the molecule is CCCC(Nc1ccc(C(=O)O)cc1)=C1C(=O)Nc2cc(C(N)=O)ccc21. The third-order valence-corrected chi connectivity index (χ3v) is 4.28. The number of fused-ring (bicyclic) bond motifs is 1. The molecule has 0 atom stereocenters. The highest BCUT2D eigenvalue weighted by molar-refractivity contribution is 6.32. The summed E-state index contributed by atoms with van der Waals surface area (Å²) < 4.78 is 0. The van der Waals surface area contributed by atoms with E-state index >= 15 is 0 Å². The summed E-state index contributed by atoms with van der Waals surface area (Å²) in [5.41, 5.74) is 8.97. The van der Waals surface area contributed by atoms with Crippen LogP contribution in [0.4, 0.5) is 11.4 Å². The number of anilines is 2. The van der Waals surface area contributed by atoms with Crippen LogP contribution in [0, 0.1) is 0 Å². The zero-order valence-electron chi connectivity index (χ0n) is 14.7. The number of amides is 2. The summed E-state index contributed by atoms with van der Waals surface area (Å²) in [4.78, 5) is 34.9. The van der Waals surface area contributed by atoms with E-state index in [1.165, 1.54) is 12.1 Å². The number of hydrogen-bond acceptors (Lipinski definition) is 4. The van der Waals surface area contributed by atoms with Gasteiger partial charge >= 0.3 is 5.97 Å².